The van der Waals surface area contributed by atoms with Crippen molar-refractivity contribution in [1.82, 2.24) is 4.31 Å². The van der Waals surface area contributed by atoms with Crippen LogP contribution in [-0.2, 0) is 10.0 Å². The molecule has 6 heteroatoms. The Kier molecular flexibility index (Phi) is 5.01. The van der Waals surface area contributed by atoms with Crippen LogP contribution in [0.15, 0.2) is 29.2 Å². The molecule has 0 amide bonds. The summed E-state index contributed by atoms with van der Waals surface area (Å²) in [6, 6.07) is 6.45. The molecule has 1 aromatic carbocycles. The summed E-state index contributed by atoms with van der Waals surface area (Å²) in [6.45, 7) is 3.27. The predicted octanol–water partition coefficient (Wildman–Crippen LogP) is 1.62. The SMILES string of the molecule is CCCOc1ccc(S(=O)(=O)N2CCC[C@H](O)C2)cc1. The summed E-state index contributed by atoms with van der Waals surface area (Å²) >= 11 is 0. The van der Waals surface area contributed by atoms with E-state index in [0.29, 0.717) is 31.7 Å². The molecule has 1 fully saturated rings. The van der Waals surface area contributed by atoms with Gasteiger partial charge in [0.1, 0.15) is 5.75 Å². The van der Waals surface area contributed by atoms with Gasteiger partial charge in [0.2, 0.25) is 10.0 Å². The highest BCUT2D eigenvalue weighted by molar-refractivity contribution is 7.89. The van der Waals surface area contributed by atoms with Crippen LogP contribution in [0.4, 0.5) is 0 Å². The molecule has 2 rings (SSSR count). The molecule has 112 valence electrons. The minimum Gasteiger partial charge on any atom is -0.494 e. The van der Waals surface area contributed by atoms with Gasteiger partial charge in [0.05, 0.1) is 17.6 Å². The van der Waals surface area contributed by atoms with Gasteiger partial charge in [0.25, 0.3) is 0 Å². The first kappa shape index (κ1) is 15.3. The van der Waals surface area contributed by atoms with Crippen molar-refractivity contribution in [2.45, 2.75) is 37.2 Å². The molecule has 1 atom stereocenters. The van der Waals surface area contributed by atoms with Crippen molar-refractivity contribution in [3.8, 4) is 5.75 Å². The Morgan fingerprint density at radius 3 is 2.65 bits per heavy atom. The third-order valence-electron chi connectivity index (χ3n) is 3.29. The van der Waals surface area contributed by atoms with Crippen molar-refractivity contribution in [3.63, 3.8) is 0 Å². The number of sulfonamides is 1. The van der Waals surface area contributed by atoms with Crippen molar-refractivity contribution in [1.29, 1.82) is 0 Å². The Labute approximate surface area is 120 Å². The highest BCUT2D eigenvalue weighted by atomic mass is 32.2. The molecule has 1 N–H and O–H groups in total. The lowest BCUT2D eigenvalue weighted by Crippen LogP contribution is -2.42. The number of ether oxygens (including phenoxy) is 1. The van der Waals surface area contributed by atoms with Crippen molar-refractivity contribution in [2.24, 2.45) is 0 Å². The lowest BCUT2D eigenvalue weighted by molar-refractivity contribution is 0.108. The second kappa shape index (κ2) is 6.56. The van der Waals surface area contributed by atoms with E-state index in [1.54, 1.807) is 24.3 Å². The van der Waals surface area contributed by atoms with Gasteiger partial charge in [-0.15, -0.1) is 0 Å². The maximum Gasteiger partial charge on any atom is 0.243 e. The van der Waals surface area contributed by atoms with Gasteiger partial charge in [0, 0.05) is 13.1 Å². The summed E-state index contributed by atoms with van der Waals surface area (Å²) in [5.74, 6) is 0.671. The summed E-state index contributed by atoms with van der Waals surface area (Å²) in [4.78, 5) is 0.246. The van der Waals surface area contributed by atoms with Gasteiger partial charge >= 0.3 is 0 Å². The number of benzene rings is 1. The number of β-amino-alcohol motifs (C(OH)–C–C–N with tert-alkyl or cyclic N) is 1. The van der Waals surface area contributed by atoms with Gasteiger partial charge in [-0.1, -0.05) is 6.92 Å². The van der Waals surface area contributed by atoms with E-state index in [1.807, 2.05) is 6.92 Å². The molecule has 0 unspecified atom stereocenters. The minimum absolute atomic E-state index is 0.177. The van der Waals surface area contributed by atoms with Crippen molar-refractivity contribution in [2.75, 3.05) is 19.7 Å². The molecule has 1 aliphatic rings. The van der Waals surface area contributed by atoms with Crippen LogP contribution in [0.25, 0.3) is 0 Å². The highest BCUT2D eigenvalue weighted by Crippen LogP contribution is 2.22. The van der Waals surface area contributed by atoms with Crippen LogP contribution in [0.2, 0.25) is 0 Å². The average Bonchev–Trinajstić information content (AvgIpc) is 2.45. The van der Waals surface area contributed by atoms with Crippen molar-refractivity contribution < 1.29 is 18.3 Å². The lowest BCUT2D eigenvalue weighted by atomic mass is 10.1. The van der Waals surface area contributed by atoms with Gasteiger partial charge in [-0.2, -0.15) is 4.31 Å². The molecule has 0 radical (unpaired) electrons. The fraction of sp³-hybridized carbons (Fsp3) is 0.571. The second-order valence-corrected chi connectivity index (χ2v) is 6.92. The maximum absolute atomic E-state index is 12.4. The molecule has 0 aromatic heterocycles. The number of piperidine rings is 1. The van der Waals surface area contributed by atoms with Crippen LogP contribution < -0.4 is 4.74 Å². The van der Waals surface area contributed by atoms with Crippen LogP contribution in [0.1, 0.15) is 26.2 Å². The summed E-state index contributed by atoms with van der Waals surface area (Å²) in [5.41, 5.74) is 0. The van der Waals surface area contributed by atoms with Gasteiger partial charge in [-0.05, 0) is 43.5 Å². The largest absolute Gasteiger partial charge is 0.494 e. The molecule has 1 aliphatic heterocycles. The third-order valence-corrected chi connectivity index (χ3v) is 5.17. The second-order valence-electron chi connectivity index (χ2n) is 4.98. The molecular formula is C14H21NO4S. The number of aliphatic hydroxyl groups excluding tert-OH is 1. The number of nitrogens with zero attached hydrogens (tertiary/aromatic N) is 1. The van der Waals surface area contributed by atoms with Crippen LogP contribution in [-0.4, -0.2) is 43.6 Å². The van der Waals surface area contributed by atoms with Crippen molar-refractivity contribution in [3.05, 3.63) is 24.3 Å². The molecule has 0 saturated carbocycles. The predicted molar refractivity (Wildman–Crippen MR) is 76.2 cm³/mol. The van der Waals surface area contributed by atoms with E-state index in [9.17, 15) is 13.5 Å². The first-order valence-corrected chi connectivity index (χ1v) is 8.39. The lowest BCUT2D eigenvalue weighted by Gasteiger charge is -2.29. The molecule has 1 saturated heterocycles. The molecule has 5 nitrogen and oxygen atoms in total. The average molecular weight is 299 g/mol. The topological polar surface area (TPSA) is 66.8 Å². The standard InChI is InChI=1S/C14H21NO4S/c1-2-10-19-13-5-7-14(8-6-13)20(17,18)15-9-3-4-12(16)11-15/h5-8,12,16H,2-4,9-11H2,1H3/t12-/m0/s1. The number of rotatable bonds is 5. The third kappa shape index (κ3) is 3.50. The zero-order chi connectivity index (χ0) is 14.6. The monoisotopic (exact) mass is 299 g/mol. The zero-order valence-electron chi connectivity index (χ0n) is 11.7. The molecule has 0 aliphatic carbocycles. The maximum atomic E-state index is 12.4. The first-order chi connectivity index (χ1) is 9.54. The summed E-state index contributed by atoms with van der Waals surface area (Å²) in [7, 11) is -3.51. The van der Waals surface area contributed by atoms with Gasteiger partial charge in [-0.3, -0.25) is 0 Å². The van der Waals surface area contributed by atoms with E-state index in [0.717, 1.165) is 6.42 Å². The van der Waals surface area contributed by atoms with Crippen LogP contribution >= 0.6 is 0 Å². The number of aliphatic hydroxyl groups is 1. The van der Waals surface area contributed by atoms with E-state index in [1.165, 1.54) is 4.31 Å². The Morgan fingerprint density at radius 1 is 1.35 bits per heavy atom. The van der Waals surface area contributed by atoms with E-state index in [-0.39, 0.29) is 11.4 Å². The van der Waals surface area contributed by atoms with Gasteiger partial charge in [0.15, 0.2) is 0 Å². The fourth-order valence-electron chi connectivity index (χ4n) is 2.22. The van der Waals surface area contributed by atoms with Crippen molar-refractivity contribution >= 4 is 10.0 Å². The summed E-state index contributed by atoms with van der Waals surface area (Å²) in [5, 5.41) is 9.60. The van der Waals surface area contributed by atoms with E-state index < -0.39 is 16.1 Å². The minimum atomic E-state index is -3.51. The fourth-order valence-corrected chi connectivity index (χ4v) is 3.73. The van der Waals surface area contributed by atoms with Gasteiger partial charge < -0.3 is 9.84 Å². The first-order valence-electron chi connectivity index (χ1n) is 6.95. The number of hydrogen-bond donors (Lipinski definition) is 1. The van der Waals surface area contributed by atoms with E-state index in [4.69, 9.17) is 4.74 Å². The Bertz CT molecular complexity index is 527. The van der Waals surface area contributed by atoms with Crippen LogP contribution in [0.3, 0.4) is 0 Å². The Balaban J connectivity index is 2.12. The quantitative estimate of drug-likeness (QED) is 0.897. The van der Waals surface area contributed by atoms with Gasteiger partial charge in [-0.25, -0.2) is 8.42 Å². The van der Waals surface area contributed by atoms with Crippen LogP contribution in [0, 0.1) is 0 Å². The molecule has 20 heavy (non-hydrogen) atoms. The number of hydrogen-bond acceptors (Lipinski definition) is 4. The molecule has 0 bridgehead atoms. The normalized spacial score (nSPS) is 20.8. The van der Waals surface area contributed by atoms with Crippen LogP contribution in [0.5, 0.6) is 5.75 Å². The zero-order valence-corrected chi connectivity index (χ0v) is 12.5. The molecule has 1 heterocycles. The summed E-state index contributed by atoms with van der Waals surface area (Å²) < 4.78 is 31.7. The van der Waals surface area contributed by atoms with E-state index in [2.05, 4.69) is 0 Å². The Hall–Kier alpha value is -1.11. The Morgan fingerprint density at radius 2 is 2.05 bits per heavy atom. The van der Waals surface area contributed by atoms with E-state index >= 15 is 0 Å². The molecule has 1 aromatic rings. The molecular weight excluding hydrogens is 278 g/mol. The smallest absolute Gasteiger partial charge is 0.243 e. The summed E-state index contributed by atoms with van der Waals surface area (Å²) in [6.07, 6.45) is 1.70. The molecule has 0 spiro atoms. The highest BCUT2D eigenvalue weighted by Gasteiger charge is 2.29.